The number of sulfonamides is 1. The molecular formula is C32H40BrN3O4S. The number of para-hydroxylation sites is 1. The molecule has 220 valence electrons. The van der Waals surface area contributed by atoms with Crippen molar-refractivity contribution in [3.8, 4) is 0 Å². The number of anilines is 1. The number of benzene rings is 3. The van der Waals surface area contributed by atoms with Crippen LogP contribution in [0.5, 0.6) is 0 Å². The molecular weight excluding hydrogens is 602 g/mol. The minimum absolute atomic E-state index is 0.0833. The maximum Gasteiger partial charge on any atom is 0.243 e. The molecule has 0 spiro atoms. The Morgan fingerprint density at radius 2 is 1.56 bits per heavy atom. The Labute approximate surface area is 253 Å². The van der Waals surface area contributed by atoms with E-state index in [9.17, 15) is 18.0 Å². The fourth-order valence-electron chi connectivity index (χ4n) is 4.66. The molecule has 0 heterocycles. The van der Waals surface area contributed by atoms with Crippen LogP contribution in [0.2, 0.25) is 0 Å². The second-order valence-electron chi connectivity index (χ2n) is 11.3. The highest BCUT2D eigenvalue weighted by Crippen LogP contribution is 2.24. The van der Waals surface area contributed by atoms with Crippen molar-refractivity contribution in [1.82, 2.24) is 10.2 Å². The lowest BCUT2D eigenvalue weighted by Gasteiger charge is -2.34. The van der Waals surface area contributed by atoms with Crippen LogP contribution >= 0.6 is 15.9 Å². The smallest absolute Gasteiger partial charge is 0.243 e. The first-order valence-electron chi connectivity index (χ1n) is 13.7. The Kier molecular flexibility index (Phi) is 11.2. The molecule has 2 amide bonds. The second-order valence-corrected chi connectivity index (χ2v) is 14.1. The van der Waals surface area contributed by atoms with Crippen molar-refractivity contribution in [3.05, 3.63) is 100 Å². The average molecular weight is 643 g/mol. The summed E-state index contributed by atoms with van der Waals surface area (Å²) in [7, 11) is -3.56. The Balaban J connectivity index is 1.91. The van der Waals surface area contributed by atoms with Gasteiger partial charge in [-0.1, -0.05) is 76.6 Å². The lowest BCUT2D eigenvalue weighted by molar-refractivity contribution is -0.142. The molecule has 0 aliphatic carbocycles. The van der Waals surface area contributed by atoms with Gasteiger partial charge >= 0.3 is 0 Å². The summed E-state index contributed by atoms with van der Waals surface area (Å²) >= 11 is 3.51. The molecule has 3 aromatic rings. The van der Waals surface area contributed by atoms with Crippen molar-refractivity contribution in [3.63, 3.8) is 0 Å². The van der Waals surface area contributed by atoms with E-state index >= 15 is 0 Å². The SMILES string of the molecule is Cc1ccccc1N(CCCC(=O)N(Cc1cccc(Br)c1)[C@@H](Cc1ccccc1)C(=O)NC(C)(C)C)S(C)(=O)=O. The Bertz CT molecular complexity index is 1440. The number of hydrogen-bond acceptors (Lipinski definition) is 4. The molecule has 3 aromatic carbocycles. The predicted octanol–water partition coefficient (Wildman–Crippen LogP) is 5.86. The fraction of sp³-hybridized carbons (Fsp3) is 0.375. The van der Waals surface area contributed by atoms with E-state index in [0.717, 1.165) is 21.2 Å². The van der Waals surface area contributed by atoms with Crippen molar-refractivity contribution in [1.29, 1.82) is 0 Å². The third-order valence-corrected chi connectivity index (χ3v) is 8.22. The minimum atomic E-state index is -3.56. The summed E-state index contributed by atoms with van der Waals surface area (Å²) in [5.41, 5.74) is 2.77. The van der Waals surface area contributed by atoms with Gasteiger partial charge in [0.2, 0.25) is 21.8 Å². The number of carbonyl (C=O) groups is 2. The van der Waals surface area contributed by atoms with Gasteiger partial charge in [-0.15, -0.1) is 0 Å². The summed E-state index contributed by atoms with van der Waals surface area (Å²) in [6.45, 7) is 7.99. The van der Waals surface area contributed by atoms with Gasteiger partial charge in [-0.25, -0.2) is 8.42 Å². The molecule has 0 aromatic heterocycles. The molecule has 7 nitrogen and oxygen atoms in total. The first-order valence-corrected chi connectivity index (χ1v) is 16.3. The number of rotatable bonds is 12. The summed E-state index contributed by atoms with van der Waals surface area (Å²) in [6, 6.07) is 23.9. The highest BCUT2D eigenvalue weighted by atomic mass is 79.9. The molecule has 9 heteroatoms. The number of amides is 2. The zero-order chi connectivity index (χ0) is 30.2. The third kappa shape index (κ3) is 10.0. The van der Waals surface area contributed by atoms with Crippen LogP contribution in [-0.2, 0) is 32.6 Å². The molecule has 0 aliphatic rings. The van der Waals surface area contributed by atoms with E-state index in [1.165, 1.54) is 10.6 Å². The van der Waals surface area contributed by atoms with Crippen LogP contribution in [0, 0.1) is 6.92 Å². The van der Waals surface area contributed by atoms with Gasteiger partial charge in [-0.2, -0.15) is 0 Å². The molecule has 0 saturated carbocycles. The minimum Gasteiger partial charge on any atom is -0.350 e. The van der Waals surface area contributed by atoms with Crippen molar-refractivity contribution >= 4 is 43.5 Å². The number of nitrogens with zero attached hydrogens (tertiary/aromatic N) is 2. The van der Waals surface area contributed by atoms with Crippen LogP contribution in [-0.4, -0.2) is 49.5 Å². The number of carbonyl (C=O) groups excluding carboxylic acids is 2. The zero-order valence-corrected chi connectivity index (χ0v) is 26.8. The molecule has 0 unspecified atom stereocenters. The summed E-state index contributed by atoms with van der Waals surface area (Å²) < 4.78 is 27.6. The van der Waals surface area contributed by atoms with Crippen LogP contribution < -0.4 is 9.62 Å². The molecule has 0 bridgehead atoms. The molecule has 0 radical (unpaired) electrons. The standard InChI is InChI=1S/C32H40BrN3O4S/c1-24-13-9-10-18-28(24)36(41(5,39)40)20-12-19-30(37)35(23-26-16-11-17-27(33)21-26)29(31(38)34-32(2,3)4)22-25-14-7-6-8-15-25/h6-11,13-18,21,29H,12,19-20,22-23H2,1-5H3,(H,34,38)/t29-/m0/s1. The normalized spacial score (nSPS) is 12.4. The molecule has 0 saturated heterocycles. The predicted molar refractivity (Wildman–Crippen MR) is 169 cm³/mol. The highest BCUT2D eigenvalue weighted by Gasteiger charge is 2.32. The van der Waals surface area contributed by atoms with Gasteiger partial charge in [0.15, 0.2) is 0 Å². The van der Waals surface area contributed by atoms with Gasteiger partial charge < -0.3 is 10.2 Å². The topological polar surface area (TPSA) is 86.8 Å². The lowest BCUT2D eigenvalue weighted by atomic mass is 10.00. The maximum absolute atomic E-state index is 13.9. The van der Waals surface area contributed by atoms with E-state index in [1.807, 2.05) is 94.4 Å². The average Bonchev–Trinajstić information content (AvgIpc) is 2.88. The van der Waals surface area contributed by atoms with Crippen LogP contribution in [0.15, 0.2) is 83.3 Å². The van der Waals surface area contributed by atoms with E-state index in [4.69, 9.17) is 0 Å². The first-order chi connectivity index (χ1) is 19.2. The lowest BCUT2D eigenvalue weighted by Crippen LogP contribution is -2.54. The summed E-state index contributed by atoms with van der Waals surface area (Å²) in [4.78, 5) is 29.3. The molecule has 1 N–H and O–H groups in total. The van der Waals surface area contributed by atoms with Gasteiger partial charge in [-0.05, 0) is 69.0 Å². The monoisotopic (exact) mass is 641 g/mol. The quantitative estimate of drug-likeness (QED) is 0.268. The third-order valence-electron chi connectivity index (χ3n) is 6.55. The van der Waals surface area contributed by atoms with E-state index in [2.05, 4.69) is 21.2 Å². The van der Waals surface area contributed by atoms with E-state index in [-0.39, 0.29) is 31.3 Å². The summed E-state index contributed by atoms with van der Waals surface area (Å²) in [6.07, 6.45) is 1.91. The van der Waals surface area contributed by atoms with Crippen molar-refractivity contribution in [2.45, 2.75) is 65.1 Å². The molecule has 0 aliphatic heterocycles. The van der Waals surface area contributed by atoms with Gasteiger partial charge in [-0.3, -0.25) is 13.9 Å². The number of halogens is 1. The molecule has 3 rings (SSSR count). The van der Waals surface area contributed by atoms with Gasteiger partial charge in [0.05, 0.1) is 11.9 Å². The number of aryl methyl sites for hydroxylation is 1. The van der Waals surface area contributed by atoms with Crippen LogP contribution in [0.1, 0.15) is 50.3 Å². The van der Waals surface area contributed by atoms with Gasteiger partial charge in [0.25, 0.3) is 0 Å². The summed E-state index contributed by atoms with van der Waals surface area (Å²) in [5.74, 6) is -0.449. The number of nitrogens with one attached hydrogen (secondary N) is 1. The largest absolute Gasteiger partial charge is 0.350 e. The maximum atomic E-state index is 13.9. The Morgan fingerprint density at radius 3 is 2.17 bits per heavy atom. The van der Waals surface area contributed by atoms with E-state index in [0.29, 0.717) is 18.5 Å². The van der Waals surface area contributed by atoms with Crippen LogP contribution in [0.25, 0.3) is 0 Å². The fourth-order valence-corrected chi connectivity index (χ4v) is 6.13. The molecule has 1 atom stereocenters. The van der Waals surface area contributed by atoms with Crippen molar-refractivity contribution in [2.24, 2.45) is 0 Å². The van der Waals surface area contributed by atoms with Crippen LogP contribution in [0.3, 0.4) is 0 Å². The zero-order valence-electron chi connectivity index (χ0n) is 24.4. The highest BCUT2D eigenvalue weighted by molar-refractivity contribution is 9.10. The van der Waals surface area contributed by atoms with Gasteiger partial charge in [0.1, 0.15) is 6.04 Å². The van der Waals surface area contributed by atoms with Crippen LogP contribution in [0.4, 0.5) is 5.69 Å². The molecule has 0 fully saturated rings. The first kappa shape index (κ1) is 32.3. The van der Waals surface area contributed by atoms with Crippen molar-refractivity contribution < 1.29 is 18.0 Å². The Hall–Kier alpha value is -3.17. The van der Waals surface area contributed by atoms with Crippen molar-refractivity contribution in [2.75, 3.05) is 17.1 Å². The number of hydrogen-bond donors (Lipinski definition) is 1. The summed E-state index contributed by atoms with van der Waals surface area (Å²) in [5, 5.41) is 3.06. The van der Waals surface area contributed by atoms with E-state index in [1.54, 1.807) is 17.0 Å². The van der Waals surface area contributed by atoms with Gasteiger partial charge in [0, 0.05) is 35.9 Å². The Morgan fingerprint density at radius 1 is 0.927 bits per heavy atom. The molecule has 41 heavy (non-hydrogen) atoms. The van der Waals surface area contributed by atoms with E-state index < -0.39 is 21.6 Å². The second kappa shape index (κ2) is 14.1.